The highest BCUT2D eigenvalue weighted by atomic mass is 32.2. The van der Waals surface area contributed by atoms with E-state index in [-0.39, 0.29) is 4.90 Å². The molecular weight excluding hydrogens is 368 g/mol. The third-order valence-electron chi connectivity index (χ3n) is 5.48. The van der Waals surface area contributed by atoms with Crippen LogP contribution in [0.25, 0.3) is 10.8 Å². The van der Waals surface area contributed by atoms with Crippen molar-refractivity contribution in [3.05, 3.63) is 41.5 Å². The van der Waals surface area contributed by atoms with Crippen LogP contribution in [0.3, 0.4) is 0 Å². The standard InChI is InChI=1S/C24H36O3S/c1-3-5-7-9-11-13-20-15-16-21-18-22(14-12-10-8-6-4-2)24(28(25,26)27)19-23(21)17-20/h15-19H,3-14H2,1-2H3,(H,25,26,27). The minimum Gasteiger partial charge on any atom is -0.282 e. The molecule has 3 nitrogen and oxygen atoms in total. The highest BCUT2D eigenvalue weighted by molar-refractivity contribution is 7.85. The van der Waals surface area contributed by atoms with E-state index in [1.54, 1.807) is 6.07 Å². The molecule has 0 atom stereocenters. The van der Waals surface area contributed by atoms with Crippen LogP contribution in [0, 0.1) is 0 Å². The van der Waals surface area contributed by atoms with Crippen molar-refractivity contribution >= 4 is 20.9 Å². The normalized spacial score (nSPS) is 12.0. The van der Waals surface area contributed by atoms with E-state index in [9.17, 15) is 13.0 Å². The maximum absolute atomic E-state index is 11.9. The number of aryl methyl sites for hydroxylation is 2. The Morgan fingerprint density at radius 3 is 1.93 bits per heavy atom. The lowest BCUT2D eigenvalue weighted by Crippen LogP contribution is -2.04. The lowest BCUT2D eigenvalue weighted by Gasteiger charge is -2.11. The van der Waals surface area contributed by atoms with Gasteiger partial charge < -0.3 is 0 Å². The molecule has 0 fully saturated rings. The summed E-state index contributed by atoms with van der Waals surface area (Å²) in [6.45, 7) is 4.40. The van der Waals surface area contributed by atoms with Crippen molar-refractivity contribution in [2.75, 3.05) is 0 Å². The molecule has 1 N–H and O–H groups in total. The molecule has 4 heteroatoms. The molecule has 0 saturated heterocycles. The van der Waals surface area contributed by atoms with E-state index in [0.717, 1.165) is 42.0 Å². The van der Waals surface area contributed by atoms with Gasteiger partial charge in [-0.3, -0.25) is 4.55 Å². The molecule has 0 radical (unpaired) electrons. The van der Waals surface area contributed by atoms with Crippen LogP contribution in [-0.2, 0) is 23.0 Å². The van der Waals surface area contributed by atoms with E-state index in [4.69, 9.17) is 0 Å². The molecule has 156 valence electrons. The van der Waals surface area contributed by atoms with E-state index >= 15 is 0 Å². The van der Waals surface area contributed by atoms with Gasteiger partial charge in [0.2, 0.25) is 0 Å². The van der Waals surface area contributed by atoms with Crippen LogP contribution in [0.15, 0.2) is 35.2 Å². The molecule has 0 aromatic heterocycles. The maximum Gasteiger partial charge on any atom is 0.294 e. The third kappa shape index (κ3) is 7.21. The summed E-state index contributed by atoms with van der Waals surface area (Å²) in [6.07, 6.45) is 13.5. The molecular formula is C24H36O3S. The molecule has 0 heterocycles. The molecule has 0 aliphatic heterocycles. The predicted octanol–water partition coefficient (Wildman–Crippen LogP) is 7.11. The second kappa shape index (κ2) is 11.6. The van der Waals surface area contributed by atoms with Crippen LogP contribution in [-0.4, -0.2) is 13.0 Å². The average molecular weight is 405 g/mol. The first-order chi connectivity index (χ1) is 13.5. The number of benzene rings is 2. The fraction of sp³-hybridized carbons (Fsp3) is 0.583. The maximum atomic E-state index is 11.9. The van der Waals surface area contributed by atoms with E-state index in [1.807, 2.05) is 6.07 Å². The molecule has 28 heavy (non-hydrogen) atoms. The van der Waals surface area contributed by atoms with Crippen molar-refractivity contribution in [2.45, 2.75) is 95.8 Å². The lowest BCUT2D eigenvalue weighted by molar-refractivity contribution is 0.482. The molecule has 0 spiro atoms. The largest absolute Gasteiger partial charge is 0.294 e. The summed E-state index contributed by atoms with van der Waals surface area (Å²) in [5, 5.41) is 1.94. The van der Waals surface area contributed by atoms with Crippen LogP contribution >= 0.6 is 0 Å². The molecule has 2 rings (SSSR count). The summed E-state index contributed by atoms with van der Waals surface area (Å²) in [4.78, 5) is 0.0792. The van der Waals surface area contributed by atoms with Gasteiger partial charge in [0.05, 0.1) is 4.90 Å². The molecule has 0 amide bonds. The van der Waals surface area contributed by atoms with E-state index in [2.05, 4.69) is 32.0 Å². The second-order valence-electron chi connectivity index (χ2n) is 7.94. The van der Waals surface area contributed by atoms with E-state index in [0.29, 0.717) is 6.42 Å². The Morgan fingerprint density at radius 2 is 1.32 bits per heavy atom. The smallest absolute Gasteiger partial charge is 0.282 e. The fourth-order valence-corrected chi connectivity index (χ4v) is 4.58. The van der Waals surface area contributed by atoms with Gasteiger partial charge in [-0.15, -0.1) is 0 Å². The topological polar surface area (TPSA) is 54.4 Å². The Bertz CT molecular complexity index is 840. The molecule has 2 aromatic rings. The van der Waals surface area contributed by atoms with Gasteiger partial charge in [0.15, 0.2) is 0 Å². The quantitative estimate of drug-likeness (QED) is 0.286. The number of hydrogen-bond donors (Lipinski definition) is 1. The van der Waals surface area contributed by atoms with Gasteiger partial charge in [-0.1, -0.05) is 83.4 Å². The zero-order chi connectivity index (χ0) is 20.4. The second-order valence-corrected chi connectivity index (χ2v) is 9.33. The summed E-state index contributed by atoms with van der Waals surface area (Å²) in [6, 6.07) is 9.93. The van der Waals surface area contributed by atoms with Crippen LogP contribution < -0.4 is 0 Å². The van der Waals surface area contributed by atoms with Gasteiger partial charge in [-0.2, -0.15) is 8.42 Å². The molecule has 0 saturated carbocycles. The Hall–Kier alpha value is -1.39. The Morgan fingerprint density at radius 1 is 0.714 bits per heavy atom. The third-order valence-corrected chi connectivity index (χ3v) is 6.42. The Labute approximate surface area is 171 Å². The van der Waals surface area contributed by atoms with Crippen molar-refractivity contribution in [1.82, 2.24) is 0 Å². The van der Waals surface area contributed by atoms with Crippen LogP contribution in [0.5, 0.6) is 0 Å². The van der Waals surface area contributed by atoms with Crippen molar-refractivity contribution in [3.8, 4) is 0 Å². The summed E-state index contributed by atoms with van der Waals surface area (Å²) in [5.74, 6) is 0. The van der Waals surface area contributed by atoms with Gasteiger partial charge >= 0.3 is 0 Å². The zero-order valence-corrected chi connectivity index (χ0v) is 18.4. The van der Waals surface area contributed by atoms with Crippen LogP contribution in [0.4, 0.5) is 0 Å². The summed E-state index contributed by atoms with van der Waals surface area (Å²) < 4.78 is 33.6. The summed E-state index contributed by atoms with van der Waals surface area (Å²) >= 11 is 0. The van der Waals surface area contributed by atoms with Crippen molar-refractivity contribution in [3.63, 3.8) is 0 Å². The van der Waals surface area contributed by atoms with Crippen molar-refractivity contribution in [1.29, 1.82) is 0 Å². The number of fused-ring (bicyclic) bond motifs is 1. The molecule has 0 unspecified atom stereocenters. The molecule has 0 bridgehead atoms. The van der Waals surface area contributed by atoms with Gasteiger partial charge in [0.1, 0.15) is 0 Å². The highest BCUT2D eigenvalue weighted by Crippen LogP contribution is 2.27. The lowest BCUT2D eigenvalue weighted by atomic mass is 9.98. The molecule has 0 aliphatic carbocycles. The minimum atomic E-state index is -4.21. The van der Waals surface area contributed by atoms with Crippen LogP contribution in [0.2, 0.25) is 0 Å². The van der Waals surface area contributed by atoms with Gasteiger partial charge in [0, 0.05) is 0 Å². The Kier molecular flexibility index (Phi) is 9.46. The Balaban J connectivity index is 2.15. The molecule has 2 aromatic carbocycles. The SMILES string of the molecule is CCCCCCCc1ccc2cc(CCCCCCC)c(S(=O)(=O)O)cc2c1. The van der Waals surface area contributed by atoms with Gasteiger partial charge in [-0.05, 0) is 59.7 Å². The number of hydrogen-bond acceptors (Lipinski definition) is 2. The van der Waals surface area contributed by atoms with Crippen molar-refractivity contribution < 1.29 is 13.0 Å². The van der Waals surface area contributed by atoms with Gasteiger partial charge in [0.25, 0.3) is 10.1 Å². The summed E-state index contributed by atoms with van der Waals surface area (Å²) in [7, 11) is -4.21. The van der Waals surface area contributed by atoms with Gasteiger partial charge in [-0.25, -0.2) is 0 Å². The zero-order valence-electron chi connectivity index (χ0n) is 17.5. The minimum absolute atomic E-state index is 0.0792. The first-order valence-electron chi connectivity index (χ1n) is 11.0. The van der Waals surface area contributed by atoms with E-state index < -0.39 is 10.1 Å². The highest BCUT2D eigenvalue weighted by Gasteiger charge is 2.16. The average Bonchev–Trinajstić information content (AvgIpc) is 2.66. The van der Waals surface area contributed by atoms with Crippen molar-refractivity contribution in [2.24, 2.45) is 0 Å². The fourth-order valence-electron chi connectivity index (χ4n) is 3.82. The van der Waals surface area contributed by atoms with Crippen LogP contribution in [0.1, 0.15) is 89.2 Å². The first-order valence-corrected chi connectivity index (χ1v) is 12.4. The number of rotatable bonds is 13. The first kappa shape index (κ1) is 22.9. The molecule has 0 aliphatic rings. The predicted molar refractivity (Wildman–Crippen MR) is 119 cm³/mol. The van der Waals surface area contributed by atoms with E-state index in [1.165, 1.54) is 50.5 Å². The monoisotopic (exact) mass is 404 g/mol. The number of unbranched alkanes of at least 4 members (excludes halogenated alkanes) is 8. The summed E-state index contributed by atoms with van der Waals surface area (Å²) in [5.41, 5.74) is 1.97.